The molecule has 1 aromatic heterocycles. The Morgan fingerprint density at radius 1 is 1.67 bits per heavy atom. The van der Waals surface area contributed by atoms with Gasteiger partial charge in [0.1, 0.15) is 0 Å². The quantitative estimate of drug-likeness (QED) is 0.749. The molecule has 1 rings (SSSR count). The van der Waals surface area contributed by atoms with E-state index in [2.05, 4.69) is 4.98 Å². The van der Waals surface area contributed by atoms with Crippen LogP contribution in [0.4, 0.5) is 0 Å². The molecule has 18 heavy (non-hydrogen) atoms. The SMILES string of the molecule is COCC(O)CN(C)C(=O)/C=C/c1cccnc1. The minimum Gasteiger partial charge on any atom is -0.389 e. The maximum absolute atomic E-state index is 11.7. The Hall–Kier alpha value is -1.72. The van der Waals surface area contributed by atoms with E-state index in [1.54, 1.807) is 31.6 Å². The molecule has 1 N–H and O–H groups in total. The minimum atomic E-state index is -0.671. The molecule has 1 heterocycles. The molecule has 1 amide bonds. The van der Waals surface area contributed by atoms with E-state index in [9.17, 15) is 9.90 Å². The first-order valence-electron chi connectivity index (χ1n) is 5.63. The molecule has 0 radical (unpaired) electrons. The Labute approximate surface area is 107 Å². The van der Waals surface area contributed by atoms with Gasteiger partial charge in [0.25, 0.3) is 0 Å². The Morgan fingerprint density at radius 2 is 2.44 bits per heavy atom. The van der Waals surface area contributed by atoms with Crippen LogP contribution in [0.5, 0.6) is 0 Å². The highest BCUT2D eigenvalue weighted by Crippen LogP contribution is 2.00. The summed E-state index contributed by atoms with van der Waals surface area (Å²) >= 11 is 0. The predicted molar refractivity (Wildman–Crippen MR) is 68.8 cm³/mol. The van der Waals surface area contributed by atoms with Crippen LogP contribution in [0.3, 0.4) is 0 Å². The molecule has 0 aliphatic carbocycles. The van der Waals surface area contributed by atoms with Crippen LogP contribution in [0.1, 0.15) is 5.56 Å². The van der Waals surface area contributed by atoms with Crippen molar-refractivity contribution >= 4 is 12.0 Å². The fourth-order valence-electron chi connectivity index (χ4n) is 1.42. The minimum absolute atomic E-state index is 0.172. The lowest BCUT2D eigenvalue weighted by molar-refractivity contribution is -0.126. The number of hydrogen-bond acceptors (Lipinski definition) is 4. The van der Waals surface area contributed by atoms with Gasteiger partial charge in [0.05, 0.1) is 12.7 Å². The second-order valence-electron chi connectivity index (χ2n) is 3.95. The lowest BCUT2D eigenvalue weighted by Crippen LogP contribution is -2.35. The first kappa shape index (κ1) is 14.3. The van der Waals surface area contributed by atoms with Gasteiger partial charge in [0.2, 0.25) is 5.91 Å². The molecule has 0 aliphatic heterocycles. The van der Waals surface area contributed by atoms with Crippen molar-refractivity contribution in [1.82, 2.24) is 9.88 Å². The van der Waals surface area contributed by atoms with Crippen molar-refractivity contribution in [3.63, 3.8) is 0 Å². The van der Waals surface area contributed by atoms with E-state index < -0.39 is 6.10 Å². The standard InChI is InChI=1S/C13H18N2O3/c1-15(9-12(16)10-18-2)13(17)6-5-11-4-3-7-14-8-11/h3-8,12,16H,9-10H2,1-2H3/b6-5+. The average molecular weight is 250 g/mol. The zero-order chi connectivity index (χ0) is 13.4. The highest BCUT2D eigenvalue weighted by atomic mass is 16.5. The van der Waals surface area contributed by atoms with Crippen LogP contribution in [0.2, 0.25) is 0 Å². The van der Waals surface area contributed by atoms with Crippen molar-refractivity contribution in [2.24, 2.45) is 0 Å². The number of amides is 1. The molecule has 0 spiro atoms. The number of pyridine rings is 1. The number of ether oxygens (including phenoxy) is 1. The van der Waals surface area contributed by atoms with Crippen molar-refractivity contribution in [3.8, 4) is 0 Å². The molecule has 0 saturated heterocycles. The molecule has 0 saturated carbocycles. The fourth-order valence-corrected chi connectivity index (χ4v) is 1.42. The molecule has 0 aromatic carbocycles. The Balaban J connectivity index is 2.47. The average Bonchev–Trinajstić information content (AvgIpc) is 2.37. The largest absolute Gasteiger partial charge is 0.389 e. The second kappa shape index (κ2) is 7.58. The molecule has 5 heteroatoms. The van der Waals surface area contributed by atoms with Crippen LogP contribution < -0.4 is 0 Å². The molecule has 0 bridgehead atoms. The molecule has 98 valence electrons. The van der Waals surface area contributed by atoms with Crippen LogP contribution >= 0.6 is 0 Å². The predicted octanol–water partition coefficient (Wildman–Crippen LogP) is 0.560. The molecule has 1 aromatic rings. The van der Waals surface area contributed by atoms with Gasteiger partial charge in [-0.1, -0.05) is 6.07 Å². The molecular formula is C13H18N2O3. The number of nitrogens with zero attached hydrogens (tertiary/aromatic N) is 2. The molecular weight excluding hydrogens is 232 g/mol. The number of aliphatic hydroxyl groups excluding tert-OH is 1. The molecule has 5 nitrogen and oxygen atoms in total. The molecule has 1 atom stereocenters. The van der Waals surface area contributed by atoms with Gasteiger partial charge < -0.3 is 14.7 Å². The Kier molecular flexibility index (Phi) is 6.04. The first-order valence-corrected chi connectivity index (χ1v) is 5.63. The van der Waals surface area contributed by atoms with Crippen molar-refractivity contribution in [2.75, 3.05) is 27.3 Å². The number of rotatable bonds is 6. The van der Waals surface area contributed by atoms with Crippen LogP contribution in [-0.4, -0.2) is 54.3 Å². The highest BCUT2D eigenvalue weighted by molar-refractivity contribution is 5.91. The summed E-state index contributed by atoms with van der Waals surface area (Å²) in [6, 6.07) is 3.66. The number of methoxy groups -OCH3 is 1. The highest BCUT2D eigenvalue weighted by Gasteiger charge is 2.10. The van der Waals surface area contributed by atoms with E-state index in [-0.39, 0.29) is 19.1 Å². The lowest BCUT2D eigenvalue weighted by atomic mass is 10.2. The summed E-state index contributed by atoms with van der Waals surface area (Å²) in [4.78, 5) is 17.1. The van der Waals surface area contributed by atoms with Gasteiger partial charge in [-0.25, -0.2) is 0 Å². The van der Waals surface area contributed by atoms with E-state index in [0.717, 1.165) is 5.56 Å². The Morgan fingerprint density at radius 3 is 3.06 bits per heavy atom. The summed E-state index contributed by atoms with van der Waals surface area (Å²) in [6.45, 7) is 0.452. The first-order chi connectivity index (χ1) is 8.63. The smallest absolute Gasteiger partial charge is 0.246 e. The second-order valence-corrected chi connectivity index (χ2v) is 3.95. The van der Waals surface area contributed by atoms with Gasteiger partial charge in [-0.05, 0) is 17.7 Å². The maximum Gasteiger partial charge on any atom is 0.246 e. The van der Waals surface area contributed by atoms with Crippen molar-refractivity contribution in [3.05, 3.63) is 36.2 Å². The van der Waals surface area contributed by atoms with Crippen LogP contribution in [0.15, 0.2) is 30.6 Å². The number of aromatic nitrogens is 1. The zero-order valence-electron chi connectivity index (χ0n) is 10.6. The molecule has 1 unspecified atom stereocenters. The van der Waals surface area contributed by atoms with Gasteiger partial charge in [0.15, 0.2) is 0 Å². The van der Waals surface area contributed by atoms with E-state index in [1.807, 2.05) is 6.07 Å². The third kappa shape index (κ3) is 5.07. The third-order valence-corrected chi connectivity index (χ3v) is 2.32. The number of carbonyl (C=O) groups excluding carboxylic acids is 1. The van der Waals surface area contributed by atoms with Gasteiger partial charge in [-0.15, -0.1) is 0 Å². The number of carbonyl (C=O) groups is 1. The van der Waals surface area contributed by atoms with Crippen LogP contribution in [0.25, 0.3) is 6.08 Å². The van der Waals surface area contributed by atoms with Crippen molar-refractivity contribution < 1.29 is 14.6 Å². The molecule has 0 aliphatic rings. The summed E-state index contributed by atoms with van der Waals surface area (Å²) in [5.74, 6) is -0.172. The summed E-state index contributed by atoms with van der Waals surface area (Å²) in [6.07, 6.45) is 5.82. The van der Waals surface area contributed by atoms with E-state index in [0.29, 0.717) is 0 Å². The lowest BCUT2D eigenvalue weighted by Gasteiger charge is -2.18. The zero-order valence-corrected chi connectivity index (χ0v) is 10.6. The van der Waals surface area contributed by atoms with E-state index in [1.165, 1.54) is 18.1 Å². The number of aliphatic hydroxyl groups is 1. The monoisotopic (exact) mass is 250 g/mol. The van der Waals surface area contributed by atoms with Crippen LogP contribution in [0, 0.1) is 0 Å². The fraction of sp³-hybridized carbons (Fsp3) is 0.385. The Bertz CT molecular complexity index is 392. The topological polar surface area (TPSA) is 62.7 Å². The van der Waals surface area contributed by atoms with Gasteiger partial charge >= 0.3 is 0 Å². The summed E-state index contributed by atoms with van der Waals surface area (Å²) < 4.78 is 4.80. The van der Waals surface area contributed by atoms with Gasteiger partial charge in [-0.3, -0.25) is 9.78 Å². The normalized spacial score (nSPS) is 12.6. The number of likely N-dealkylation sites (N-methyl/N-ethyl adjacent to an activating group) is 1. The maximum atomic E-state index is 11.7. The summed E-state index contributed by atoms with van der Waals surface area (Å²) in [7, 11) is 3.14. The summed E-state index contributed by atoms with van der Waals surface area (Å²) in [5, 5.41) is 9.50. The van der Waals surface area contributed by atoms with E-state index in [4.69, 9.17) is 4.74 Å². The van der Waals surface area contributed by atoms with Crippen LogP contribution in [-0.2, 0) is 9.53 Å². The molecule has 0 fully saturated rings. The van der Waals surface area contributed by atoms with Crippen molar-refractivity contribution in [2.45, 2.75) is 6.10 Å². The number of hydrogen-bond donors (Lipinski definition) is 1. The third-order valence-electron chi connectivity index (χ3n) is 2.32. The van der Waals surface area contributed by atoms with Crippen molar-refractivity contribution in [1.29, 1.82) is 0 Å². The van der Waals surface area contributed by atoms with Gasteiger partial charge in [0, 0.05) is 39.2 Å². The van der Waals surface area contributed by atoms with Gasteiger partial charge in [-0.2, -0.15) is 0 Å². The summed E-state index contributed by atoms with van der Waals surface area (Å²) in [5.41, 5.74) is 0.858. The van der Waals surface area contributed by atoms with E-state index >= 15 is 0 Å².